The molecule has 0 amide bonds. The Morgan fingerprint density at radius 2 is 1.83 bits per heavy atom. The zero-order valence-corrected chi connectivity index (χ0v) is 14.2. The minimum absolute atomic E-state index is 0. The fourth-order valence-corrected chi connectivity index (χ4v) is 2.10. The maximum absolute atomic E-state index is 4.39. The second-order valence-corrected chi connectivity index (χ2v) is 5.73. The Kier molecular flexibility index (Phi) is 6.42. The summed E-state index contributed by atoms with van der Waals surface area (Å²) in [6.07, 6.45) is 3.70. The third-order valence-electron chi connectivity index (χ3n) is 2.01. The van der Waals surface area contributed by atoms with Crippen LogP contribution in [0.5, 0.6) is 0 Å². The van der Waals surface area contributed by atoms with E-state index in [0.717, 1.165) is 25.6 Å². The predicted molar refractivity (Wildman–Crippen MR) is 86.2 cm³/mol. The Balaban J connectivity index is 0.00000162. The summed E-state index contributed by atoms with van der Waals surface area (Å²) in [5.74, 6) is 0.770. The van der Waals surface area contributed by atoms with E-state index in [1.165, 1.54) is 11.8 Å². The molecular formula is C11H10Br2ClN3S. The van der Waals surface area contributed by atoms with E-state index in [9.17, 15) is 0 Å². The van der Waals surface area contributed by atoms with E-state index in [1.807, 2.05) is 30.5 Å². The molecule has 0 saturated heterocycles. The molecule has 1 aromatic heterocycles. The van der Waals surface area contributed by atoms with E-state index >= 15 is 0 Å². The number of benzene rings is 1. The summed E-state index contributed by atoms with van der Waals surface area (Å²) >= 11 is 8.34. The molecule has 18 heavy (non-hydrogen) atoms. The third kappa shape index (κ3) is 4.12. The molecular weight excluding hydrogens is 401 g/mol. The summed E-state index contributed by atoms with van der Waals surface area (Å²) in [6.45, 7) is 0. The summed E-state index contributed by atoms with van der Waals surface area (Å²) in [5, 5.41) is 3.99. The van der Waals surface area contributed by atoms with E-state index in [-0.39, 0.29) is 12.4 Å². The van der Waals surface area contributed by atoms with Gasteiger partial charge in [0.2, 0.25) is 0 Å². The van der Waals surface area contributed by atoms with Crippen molar-refractivity contribution in [3.63, 3.8) is 0 Å². The molecule has 0 fully saturated rings. The zero-order chi connectivity index (χ0) is 12.3. The van der Waals surface area contributed by atoms with E-state index in [4.69, 9.17) is 0 Å². The van der Waals surface area contributed by atoms with Crippen molar-refractivity contribution < 1.29 is 0 Å². The summed E-state index contributed by atoms with van der Waals surface area (Å²) in [7, 11) is 0. The SMILES string of the molecule is CSc1ncc(Br)c(Nc2ccc(Br)cc2)n1.Cl. The fraction of sp³-hybridized carbons (Fsp3) is 0.0909. The Morgan fingerprint density at radius 1 is 1.17 bits per heavy atom. The average molecular weight is 412 g/mol. The van der Waals surface area contributed by atoms with Crippen LogP contribution in [0, 0.1) is 0 Å². The minimum Gasteiger partial charge on any atom is -0.339 e. The summed E-state index contributed by atoms with van der Waals surface area (Å²) in [6, 6.07) is 7.93. The molecule has 2 aromatic rings. The zero-order valence-electron chi connectivity index (χ0n) is 9.35. The lowest BCUT2D eigenvalue weighted by Crippen LogP contribution is -1.97. The topological polar surface area (TPSA) is 37.8 Å². The number of aromatic nitrogens is 2. The largest absolute Gasteiger partial charge is 0.339 e. The Hall–Kier alpha value is -0.300. The third-order valence-corrected chi connectivity index (χ3v) is 3.68. The molecule has 0 aliphatic carbocycles. The normalized spacial score (nSPS) is 9.72. The number of hydrogen-bond donors (Lipinski definition) is 1. The highest BCUT2D eigenvalue weighted by Gasteiger charge is 2.04. The summed E-state index contributed by atoms with van der Waals surface area (Å²) in [4.78, 5) is 8.56. The molecule has 0 bridgehead atoms. The number of nitrogens with zero attached hydrogens (tertiary/aromatic N) is 2. The van der Waals surface area contributed by atoms with E-state index in [0.29, 0.717) is 0 Å². The number of rotatable bonds is 3. The van der Waals surface area contributed by atoms with Gasteiger partial charge in [0.05, 0.1) is 4.47 Å². The summed E-state index contributed by atoms with van der Waals surface area (Å²) in [5.41, 5.74) is 0.986. The van der Waals surface area contributed by atoms with Gasteiger partial charge in [-0.25, -0.2) is 9.97 Å². The average Bonchev–Trinajstić information content (AvgIpc) is 2.35. The Labute approximate surface area is 133 Å². The van der Waals surface area contributed by atoms with Crippen molar-refractivity contribution in [3.8, 4) is 0 Å². The lowest BCUT2D eigenvalue weighted by atomic mass is 10.3. The number of nitrogens with one attached hydrogen (secondary N) is 1. The van der Waals surface area contributed by atoms with Crippen LogP contribution in [0.25, 0.3) is 0 Å². The molecule has 2 rings (SSSR count). The van der Waals surface area contributed by atoms with Crippen LogP contribution in [0.4, 0.5) is 11.5 Å². The van der Waals surface area contributed by atoms with Crippen molar-refractivity contribution in [2.45, 2.75) is 5.16 Å². The molecule has 0 saturated carbocycles. The molecule has 0 atom stereocenters. The molecule has 0 aliphatic heterocycles. The lowest BCUT2D eigenvalue weighted by Gasteiger charge is -2.08. The van der Waals surface area contributed by atoms with Crippen LogP contribution in [0.15, 0.2) is 44.6 Å². The monoisotopic (exact) mass is 409 g/mol. The van der Waals surface area contributed by atoms with Crippen LogP contribution in [0.2, 0.25) is 0 Å². The molecule has 96 valence electrons. The Morgan fingerprint density at radius 3 is 2.44 bits per heavy atom. The maximum atomic E-state index is 4.39. The smallest absolute Gasteiger partial charge is 0.189 e. The highest BCUT2D eigenvalue weighted by molar-refractivity contribution is 9.10. The molecule has 0 unspecified atom stereocenters. The van der Waals surface area contributed by atoms with Crippen LogP contribution in [-0.4, -0.2) is 16.2 Å². The fourth-order valence-electron chi connectivity index (χ4n) is 1.21. The van der Waals surface area contributed by atoms with Crippen LogP contribution in [0.3, 0.4) is 0 Å². The van der Waals surface area contributed by atoms with Crippen molar-refractivity contribution in [2.75, 3.05) is 11.6 Å². The van der Waals surface area contributed by atoms with Crippen LogP contribution in [-0.2, 0) is 0 Å². The first kappa shape index (κ1) is 15.8. The molecule has 1 N–H and O–H groups in total. The van der Waals surface area contributed by atoms with Gasteiger partial charge in [-0.1, -0.05) is 27.7 Å². The predicted octanol–water partition coefficient (Wildman–Crippen LogP) is 4.89. The number of hydrogen-bond acceptors (Lipinski definition) is 4. The Bertz CT molecular complexity index is 522. The van der Waals surface area contributed by atoms with Crippen molar-refractivity contribution in [1.82, 2.24) is 9.97 Å². The van der Waals surface area contributed by atoms with Gasteiger partial charge in [0.25, 0.3) is 0 Å². The molecule has 0 radical (unpaired) electrons. The molecule has 1 aromatic carbocycles. The lowest BCUT2D eigenvalue weighted by molar-refractivity contribution is 0.967. The molecule has 0 spiro atoms. The van der Waals surface area contributed by atoms with Gasteiger partial charge in [0.15, 0.2) is 5.16 Å². The highest BCUT2D eigenvalue weighted by Crippen LogP contribution is 2.25. The van der Waals surface area contributed by atoms with E-state index in [1.54, 1.807) is 6.20 Å². The molecule has 0 aliphatic rings. The first-order valence-corrected chi connectivity index (χ1v) is 7.59. The highest BCUT2D eigenvalue weighted by atomic mass is 79.9. The maximum Gasteiger partial charge on any atom is 0.189 e. The van der Waals surface area contributed by atoms with Crippen molar-refractivity contribution in [1.29, 1.82) is 0 Å². The number of halogens is 3. The second-order valence-electron chi connectivity index (χ2n) is 3.19. The first-order chi connectivity index (χ1) is 8.19. The van der Waals surface area contributed by atoms with Gasteiger partial charge in [-0.3, -0.25) is 0 Å². The molecule has 1 heterocycles. The quantitative estimate of drug-likeness (QED) is 0.577. The van der Waals surface area contributed by atoms with Crippen LogP contribution < -0.4 is 5.32 Å². The standard InChI is InChI=1S/C11H9Br2N3S.ClH/c1-17-11-14-6-9(13)10(16-11)15-8-4-2-7(12)3-5-8;/h2-6H,1H3,(H,14,15,16);1H. The van der Waals surface area contributed by atoms with E-state index in [2.05, 4.69) is 47.1 Å². The number of thioether (sulfide) groups is 1. The van der Waals surface area contributed by atoms with Gasteiger partial charge in [0, 0.05) is 16.4 Å². The van der Waals surface area contributed by atoms with Crippen LogP contribution in [0.1, 0.15) is 0 Å². The second kappa shape index (κ2) is 7.33. The van der Waals surface area contributed by atoms with Gasteiger partial charge in [0.1, 0.15) is 5.82 Å². The molecule has 7 heteroatoms. The minimum atomic E-state index is 0. The number of anilines is 2. The van der Waals surface area contributed by atoms with Gasteiger partial charge < -0.3 is 5.32 Å². The van der Waals surface area contributed by atoms with Crippen molar-refractivity contribution >= 4 is 67.5 Å². The molecule has 3 nitrogen and oxygen atoms in total. The van der Waals surface area contributed by atoms with Crippen molar-refractivity contribution in [3.05, 3.63) is 39.4 Å². The van der Waals surface area contributed by atoms with Crippen molar-refractivity contribution in [2.24, 2.45) is 0 Å². The summed E-state index contributed by atoms with van der Waals surface area (Å²) < 4.78 is 1.90. The van der Waals surface area contributed by atoms with Gasteiger partial charge in [-0.05, 0) is 46.5 Å². The van der Waals surface area contributed by atoms with Gasteiger partial charge in [-0.2, -0.15) is 0 Å². The van der Waals surface area contributed by atoms with Gasteiger partial charge in [-0.15, -0.1) is 12.4 Å². The van der Waals surface area contributed by atoms with Crippen LogP contribution >= 0.6 is 56.0 Å². The van der Waals surface area contributed by atoms with Gasteiger partial charge >= 0.3 is 0 Å². The van der Waals surface area contributed by atoms with E-state index < -0.39 is 0 Å². The first-order valence-electron chi connectivity index (χ1n) is 4.78.